The van der Waals surface area contributed by atoms with Crippen LogP contribution in [-0.2, 0) is 9.59 Å². The molecule has 31 heavy (non-hydrogen) atoms. The van der Waals surface area contributed by atoms with Gasteiger partial charge in [0, 0.05) is 43.2 Å². The van der Waals surface area contributed by atoms with Gasteiger partial charge in [-0.25, -0.2) is 0 Å². The van der Waals surface area contributed by atoms with Gasteiger partial charge in [0.05, 0.1) is 11.8 Å². The minimum atomic E-state index is -0.912. The second-order valence-corrected chi connectivity index (χ2v) is 8.34. The van der Waals surface area contributed by atoms with Crippen LogP contribution in [0.5, 0.6) is 0 Å². The largest absolute Gasteiger partial charge is 0.481 e. The number of aryl methyl sites for hydroxylation is 1. The van der Waals surface area contributed by atoms with Gasteiger partial charge in [-0.2, -0.15) is 0 Å². The predicted octanol–water partition coefficient (Wildman–Crippen LogP) is 3.93. The standard InChI is InChI=1S/C25H29N3O3/c1-18-5-4-6-21(17-18)28-15-13-27(14-16-28)20-11-9-19(10-12-20)26-24(29)22-7-2-3-8-23(22)25(30)31/h2-6,9-12,17,22-23H,7-8,13-16H2,1H3,(H,26,29)(H,30,31)/t22-,23-/m0/s1. The molecule has 6 heteroatoms. The van der Waals surface area contributed by atoms with Crippen LogP contribution >= 0.6 is 0 Å². The van der Waals surface area contributed by atoms with Gasteiger partial charge in [0.1, 0.15) is 0 Å². The minimum Gasteiger partial charge on any atom is -0.481 e. The summed E-state index contributed by atoms with van der Waals surface area (Å²) in [5.74, 6) is -2.33. The van der Waals surface area contributed by atoms with Gasteiger partial charge >= 0.3 is 5.97 Å². The molecule has 0 unspecified atom stereocenters. The molecule has 1 aliphatic carbocycles. The molecule has 0 radical (unpaired) electrons. The quantitative estimate of drug-likeness (QED) is 0.719. The summed E-state index contributed by atoms with van der Waals surface area (Å²) in [6.07, 6.45) is 4.60. The van der Waals surface area contributed by atoms with Crippen molar-refractivity contribution >= 4 is 28.9 Å². The van der Waals surface area contributed by atoms with Crippen molar-refractivity contribution in [3.05, 3.63) is 66.2 Å². The van der Waals surface area contributed by atoms with Crippen LogP contribution in [0, 0.1) is 18.8 Å². The molecule has 2 N–H and O–H groups in total. The summed E-state index contributed by atoms with van der Waals surface area (Å²) in [6, 6.07) is 16.4. The van der Waals surface area contributed by atoms with Crippen molar-refractivity contribution in [1.82, 2.24) is 0 Å². The number of amides is 1. The maximum Gasteiger partial charge on any atom is 0.307 e. The molecule has 1 heterocycles. The third kappa shape index (κ3) is 4.90. The van der Waals surface area contributed by atoms with E-state index in [9.17, 15) is 14.7 Å². The Morgan fingerprint density at radius 1 is 0.871 bits per heavy atom. The first-order valence-corrected chi connectivity index (χ1v) is 10.9. The zero-order chi connectivity index (χ0) is 21.8. The highest BCUT2D eigenvalue weighted by atomic mass is 16.4. The van der Waals surface area contributed by atoms with Crippen LogP contribution < -0.4 is 15.1 Å². The first-order chi connectivity index (χ1) is 15.0. The van der Waals surface area contributed by atoms with Crippen molar-refractivity contribution in [2.24, 2.45) is 11.8 Å². The number of carboxylic acids is 1. The minimum absolute atomic E-state index is 0.226. The van der Waals surface area contributed by atoms with Crippen LogP contribution in [0.2, 0.25) is 0 Å². The second kappa shape index (κ2) is 9.25. The Morgan fingerprint density at radius 3 is 2.10 bits per heavy atom. The van der Waals surface area contributed by atoms with E-state index in [0.29, 0.717) is 18.5 Å². The molecule has 1 saturated heterocycles. The molecule has 162 valence electrons. The van der Waals surface area contributed by atoms with Gasteiger partial charge in [0.25, 0.3) is 0 Å². The number of hydrogen-bond acceptors (Lipinski definition) is 4. The van der Waals surface area contributed by atoms with Crippen LogP contribution in [0.15, 0.2) is 60.7 Å². The molecule has 0 bridgehead atoms. The van der Waals surface area contributed by atoms with E-state index in [0.717, 1.165) is 31.9 Å². The van der Waals surface area contributed by atoms with Crippen molar-refractivity contribution in [2.75, 3.05) is 41.3 Å². The van der Waals surface area contributed by atoms with E-state index in [-0.39, 0.29) is 5.91 Å². The second-order valence-electron chi connectivity index (χ2n) is 8.34. The number of carbonyl (C=O) groups excluding carboxylic acids is 1. The maximum absolute atomic E-state index is 12.6. The van der Waals surface area contributed by atoms with Gasteiger partial charge in [0.2, 0.25) is 5.91 Å². The van der Waals surface area contributed by atoms with Crippen LogP contribution in [-0.4, -0.2) is 43.2 Å². The lowest BCUT2D eigenvalue weighted by Gasteiger charge is -2.37. The van der Waals surface area contributed by atoms with E-state index in [1.807, 2.05) is 36.4 Å². The number of anilines is 3. The van der Waals surface area contributed by atoms with Gasteiger partial charge in [-0.3, -0.25) is 9.59 Å². The maximum atomic E-state index is 12.6. The Morgan fingerprint density at radius 2 is 1.48 bits per heavy atom. The normalized spacial score (nSPS) is 21.1. The van der Waals surface area contributed by atoms with Gasteiger partial charge < -0.3 is 20.2 Å². The number of nitrogens with zero attached hydrogens (tertiary/aromatic N) is 2. The smallest absolute Gasteiger partial charge is 0.307 e. The molecule has 2 aromatic carbocycles. The van der Waals surface area contributed by atoms with Gasteiger partial charge in [-0.1, -0.05) is 24.3 Å². The van der Waals surface area contributed by atoms with E-state index in [2.05, 4.69) is 46.3 Å². The van der Waals surface area contributed by atoms with E-state index < -0.39 is 17.8 Å². The van der Waals surface area contributed by atoms with E-state index in [4.69, 9.17) is 0 Å². The van der Waals surface area contributed by atoms with Gasteiger partial charge in [-0.15, -0.1) is 0 Å². The molecule has 1 fully saturated rings. The van der Waals surface area contributed by atoms with E-state index >= 15 is 0 Å². The summed E-state index contributed by atoms with van der Waals surface area (Å²) in [4.78, 5) is 28.9. The summed E-state index contributed by atoms with van der Waals surface area (Å²) in [7, 11) is 0. The molecule has 6 nitrogen and oxygen atoms in total. The highest BCUT2D eigenvalue weighted by Crippen LogP contribution is 2.28. The third-order valence-electron chi connectivity index (χ3n) is 6.23. The van der Waals surface area contributed by atoms with Crippen molar-refractivity contribution in [3.8, 4) is 0 Å². The zero-order valence-electron chi connectivity index (χ0n) is 17.8. The number of carboxylic acid groups (broad SMARTS) is 1. The van der Waals surface area contributed by atoms with Crippen LogP contribution in [0.1, 0.15) is 18.4 Å². The summed E-state index contributed by atoms with van der Waals surface area (Å²) >= 11 is 0. The number of hydrogen-bond donors (Lipinski definition) is 2. The Kier molecular flexibility index (Phi) is 6.26. The molecule has 1 amide bonds. The Labute approximate surface area is 183 Å². The fourth-order valence-electron chi connectivity index (χ4n) is 4.41. The predicted molar refractivity (Wildman–Crippen MR) is 124 cm³/mol. The SMILES string of the molecule is Cc1cccc(N2CCN(c3ccc(NC(=O)[C@H]4CC=CC[C@@H]4C(=O)O)cc3)CC2)c1. The number of carbonyl (C=O) groups is 2. The van der Waals surface area contributed by atoms with E-state index in [1.165, 1.54) is 11.3 Å². The molecular weight excluding hydrogens is 390 g/mol. The average molecular weight is 420 g/mol. The number of aliphatic carboxylic acids is 1. The van der Waals surface area contributed by atoms with Gasteiger partial charge in [0.15, 0.2) is 0 Å². The lowest BCUT2D eigenvalue weighted by atomic mass is 9.82. The summed E-state index contributed by atoms with van der Waals surface area (Å²) in [6.45, 7) is 5.93. The Hall–Kier alpha value is -3.28. The van der Waals surface area contributed by atoms with Crippen molar-refractivity contribution < 1.29 is 14.7 Å². The summed E-state index contributed by atoms with van der Waals surface area (Å²) < 4.78 is 0. The number of benzene rings is 2. The molecule has 2 aromatic rings. The fourth-order valence-corrected chi connectivity index (χ4v) is 4.41. The monoisotopic (exact) mass is 419 g/mol. The van der Waals surface area contributed by atoms with Crippen molar-refractivity contribution in [1.29, 1.82) is 0 Å². The van der Waals surface area contributed by atoms with E-state index in [1.54, 1.807) is 0 Å². The molecule has 1 aliphatic heterocycles. The molecule has 0 spiro atoms. The van der Waals surface area contributed by atoms with Crippen molar-refractivity contribution in [3.63, 3.8) is 0 Å². The first kappa shape index (κ1) is 21.0. The highest BCUT2D eigenvalue weighted by molar-refractivity contribution is 5.95. The Bertz CT molecular complexity index is 962. The fraction of sp³-hybridized carbons (Fsp3) is 0.360. The number of rotatable bonds is 5. The van der Waals surface area contributed by atoms with Crippen molar-refractivity contribution in [2.45, 2.75) is 19.8 Å². The number of piperazine rings is 1. The molecule has 4 rings (SSSR count). The third-order valence-corrected chi connectivity index (χ3v) is 6.23. The molecule has 0 aromatic heterocycles. The lowest BCUT2D eigenvalue weighted by Crippen LogP contribution is -2.46. The topological polar surface area (TPSA) is 72.9 Å². The number of allylic oxidation sites excluding steroid dienone is 2. The average Bonchev–Trinajstić information content (AvgIpc) is 2.79. The Balaban J connectivity index is 1.34. The highest BCUT2D eigenvalue weighted by Gasteiger charge is 2.34. The van der Waals surface area contributed by atoms with Crippen LogP contribution in [0.3, 0.4) is 0 Å². The van der Waals surface area contributed by atoms with Crippen LogP contribution in [0.25, 0.3) is 0 Å². The van der Waals surface area contributed by atoms with Gasteiger partial charge in [-0.05, 0) is 61.7 Å². The molecular formula is C25H29N3O3. The van der Waals surface area contributed by atoms with Crippen LogP contribution in [0.4, 0.5) is 17.1 Å². The summed E-state index contributed by atoms with van der Waals surface area (Å²) in [5, 5.41) is 12.3. The lowest BCUT2D eigenvalue weighted by molar-refractivity contribution is -0.146. The first-order valence-electron chi connectivity index (χ1n) is 10.9. The zero-order valence-corrected chi connectivity index (χ0v) is 17.8. The molecule has 2 aliphatic rings. The summed E-state index contributed by atoms with van der Waals surface area (Å²) in [5.41, 5.74) is 4.38. The molecule has 0 saturated carbocycles. The molecule has 2 atom stereocenters. The number of nitrogens with one attached hydrogen (secondary N) is 1.